The second-order valence-electron chi connectivity index (χ2n) is 5.78. The Balaban J connectivity index is 2.18. The fourth-order valence-electron chi connectivity index (χ4n) is 3.16. The van der Waals surface area contributed by atoms with Crippen LogP contribution >= 0.6 is 0 Å². The van der Waals surface area contributed by atoms with E-state index in [0.29, 0.717) is 12.5 Å². The number of rotatable bonds is 3. The molecule has 3 heteroatoms. The molecule has 2 N–H and O–H groups in total. The Morgan fingerprint density at radius 1 is 1.26 bits per heavy atom. The number of anilines is 1. The zero-order chi connectivity index (χ0) is 14.0. The van der Waals surface area contributed by atoms with Gasteiger partial charge >= 0.3 is 0 Å². The minimum absolute atomic E-state index is 0.107. The largest absolute Gasteiger partial charge is 0.330 e. The van der Waals surface area contributed by atoms with E-state index in [1.165, 1.54) is 11.1 Å². The SMILES string of the molecule is Cc1cc(C)cc(N(C)C(=O)C2CCCC2CN)c1. The van der Waals surface area contributed by atoms with E-state index in [1.54, 1.807) is 4.90 Å². The summed E-state index contributed by atoms with van der Waals surface area (Å²) in [7, 11) is 1.88. The molecule has 2 atom stereocenters. The molecule has 0 spiro atoms. The number of carbonyl (C=O) groups excluding carboxylic acids is 1. The van der Waals surface area contributed by atoms with Crippen molar-refractivity contribution in [2.75, 3.05) is 18.5 Å². The smallest absolute Gasteiger partial charge is 0.230 e. The summed E-state index contributed by atoms with van der Waals surface area (Å²) in [6.45, 7) is 4.75. The van der Waals surface area contributed by atoms with Crippen LogP contribution in [0.1, 0.15) is 30.4 Å². The second kappa shape index (κ2) is 5.74. The molecule has 1 saturated carbocycles. The molecule has 0 aliphatic heterocycles. The molecular formula is C16H24N2O. The van der Waals surface area contributed by atoms with E-state index in [-0.39, 0.29) is 11.8 Å². The third-order valence-corrected chi connectivity index (χ3v) is 4.20. The summed E-state index contributed by atoms with van der Waals surface area (Å²) in [4.78, 5) is 14.4. The van der Waals surface area contributed by atoms with E-state index < -0.39 is 0 Å². The summed E-state index contributed by atoms with van der Waals surface area (Å²) in [5.74, 6) is 0.689. The Hall–Kier alpha value is -1.35. The first kappa shape index (κ1) is 14.1. The maximum Gasteiger partial charge on any atom is 0.230 e. The normalized spacial score (nSPS) is 22.5. The van der Waals surface area contributed by atoms with Gasteiger partial charge in [-0.3, -0.25) is 4.79 Å². The molecule has 1 amide bonds. The van der Waals surface area contributed by atoms with Crippen molar-refractivity contribution in [1.29, 1.82) is 0 Å². The van der Waals surface area contributed by atoms with Gasteiger partial charge < -0.3 is 10.6 Å². The van der Waals surface area contributed by atoms with Crippen molar-refractivity contribution in [2.24, 2.45) is 17.6 Å². The topological polar surface area (TPSA) is 46.3 Å². The van der Waals surface area contributed by atoms with Crippen LogP contribution in [0, 0.1) is 25.7 Å². The van der Waals surface area contributed by atoms with Crippen LogP contribution in [-0.4, -0.2) is 19.5 Å². The van der Waals surface area contributed by atoms with Gasteiger partial charge in [-0.05, 0) is 62.4 Å². The van der Waals surface area contributed by atoms with Crippen molar-refractivity contribution < 1.29 is 4.79 Å². The van der Waals surface area contributed by atoms with Crippen molar-refractivity contribution in [1.82, 2.24) is 0 Å². The van der Waals surface area contributed by atoms with Gasteiger partial charge in [0.2, 0.25) is 5.91 Å². The number of nitrogens with zero attached hydrogens (tertiary/aromatic N) is 1. The maximum absolute atomic E-state index is 12.6. The molecule has 1 aromatic rings. The van der Waals surface area contributed by atoms with Crippen LogP contribution in [0.25, 0.3) is 0 Å². The average molecular weight is 260 g/mol. The van der Waals surface area contributed by atoms with Gasteiger partial charge in [-0.1, -0.05) is 12.5 Å². The summed E-state index contributed by atoms with van der Waals surface area (Å²) < 4.78 is 0. The zero-order valence-electron chi connectivity index (χ0n) is 12.1. The van der Waals surface area contributed by atoms with Crippen molar-refractivity contribution >= 4 is 11.6 Å². The summed E-state index contributed by atoms with van der Waals surface area (Å²) in [5.41, 5.74) is 9.15. The molecule has 0 aromatic heterocycles. The summed E-state index contributed by atoms with van der Waals surface area (Å²) in [5, 5.41) is 0. The van der Waals surface area contributed by atoms with Crippen LogP contribution in [-0.2, 0) is 4.79 Å². The highest BCUT2D eigenvalue weighted by Gasteiger charge is 2.34. The molecule has 0 radical (unpaired) electrons. The third kappa shape index (κ3) is 2.98. The van der Waals surface area contributed by atoms with Crippen molar-refractivity contribution in [3.05, 3.63) is 29.3 Å². The molecule has 1 aliphatic carbocycles. The van der Waals surface area contributed by atoms with E-state index in [1.807, 2.05) is 7.05 Å². The number of aryl methyl sites for hydroxylation is 2. The van der Waals surface area contributed by atoms with Gasteiger partial charge in [0.15, 0.2) is 0 Å². The van der Waals surface area contributed by atoms with Gasteiger partial charge in [0.1, 0.15) is 0 Å². The van der Waals surface area contributed by atoms with Gasteiger partial charge in [0.25, 0.3) is 0 Å². The molecule has 1 aromatic carbocycles. The minimum Gasteiger partial charge on any atom is -0.330 e. The van der Waals surface area contributed by atoms with Crippen LogP contribution in [0.15, 0.2) is 18.2 Å². The van der Waals surface area contributed by atoms with Crippen LogP contribution in [0.4, 0.5) is 5.69 Å². The average Bonchev–Trinajstić information content (AvgIpc) is 2.84. The standard InChI is InChI=1S/C16H24N2O/c1-11-7-12(2)9-14(8-11)18(3)16(19)15-6-4-5-13(15)10-17/h7-9,13,15H,4-6,10,17H2,1-3H3. The molecule has 2 unspecified atom stereocenters. The molecule has 3 nitrogen and oxygen atoms in total. The first-order valence-electron chi connectivity index (χ1n) is 7.09. The molecule has 0 bridgehead atoms. The Bertz CT molecular complexity index is 450. The number of amides is 1. The number of nitrogens with two attached hydrogens (primary N) is 1. The predicted octanol–water partition coefficient (Wildman–Crippen LogP) is 2.64. The lowest BCUT2D eigenvalue weighted by Crippen LogP contribution is -2.36. The molecular weight excluding hydrogens is 236 g/mol. The lowest BCUT2D eigenvalue weighted by Gasteiger charge is -2.25. The van der Waals surface area contributed by atoms with Crippen LogP contribution in [0.3, 0.4) is 0 Å². The lowest BCUT2D eigenvalue weighted by molar-refractivity contribution is -0.123. The van der Waals surface area contributed by atoms with Crippen LogP contribution in [0.5, 0.6) is 0 Å². The van der Waals surface area contributed by atoms with Gasteiger partial charge in [0, 0.05) is 18.7 Å². The monoisotopic (exact) mass is 260 g/mol. The fraction of sp³-hybridized carbons (Fsp3) is 0.562. The van der Waals surface area contributed by atoms with Crippen LogP contribution in [0.2, 0.25) is 0 Å². The summed E-state index contributed by atoms with van der Waals surface area (Å²) in [6.07, 6.45) is 3.20. The highest BCUT2D eigenvalue weighted by Crippen LogP contribution is 2.33. The Morgan fingerprint density at radius 2 is 1.89 bits per heavy atom. The molecule has 0 saturated heterocycles. The number of hydrogen-bond donors (Lipinski definition) is 1. The molecule has 19 heavy (non-hydrogen) atoms. The maximum atomic E-state index is 12.6. The van der Waals surface area contributed by atoms with Crippen molar-refractivity contribution in [3.63, 3.8) is 0 Å². The highest BCUT2D eigenvalue weighted by molar-refractivity contribution is 5.95. The minimum atomic E-state index is 0.107. The Morgan fingerprint density at radius 3 is 2.47 bits per heavy atom. The van der Waals surface area contributed by atoms with E-state index in [2.05, 4.69) is 32.0 Å². The number of benzene rings is 1. The predicted molar refractivity (Wildman–Crippen MR) is 79.2 cm³/mol. The summed E-state index contributed by atoms with van der Waals surface area (Å²) in [6, 6.07) is 6.26. The number of carbonyl (C=O) groups is 1. The molecule has 1 fully saturated rings. The molecule has 1 aliphatic rings. The van der Waals surface area contributed by atoms with E-state index in [0.717, 1.165) is 24.9 Å². The van der Waals surface area contributed by atoms with Crippen molar-refractivity contribution in [2.45, 2.75) is 33.1 Å². The van der Waals surface area contributed by atoms with Crippen molar-refractivity contribution in [3.8, 4) is 0 Å². The lowest BCUT2D eigenvalue weighted by atomic mass is 9.94. The highest BCUT2D eigenvalue weighted by atomic mass is 16.2. The van der Waals surface area contributed by atoms with Gasteiger partial charge in [-0.15, -0.1) is 0 Å². The number of hydrogen-bond acceptors (Lipinski definition) is 2. The van der Waals surface area contributed by atoms with E-state index >= 15 is 0 Å². The van der Waals surface area contributed by atoms with Gasteiger partial charge in [0.05, 0.1) is 0 Å². The molecule has 2 rings (SSSR count). The van der Waals surface area contributed by atoms with Gasteiger partial charge in [-0.2, -0.15) is 0 Å². The second-order valence-corrected chi connectivity index (χ2v) is 5.78. The van der Waals surface area contributed by atoms with E-state index in [4.69, 9.17) is 5.73 Å². The quantitative estimate of drug-likeness (QED) is 0.908. The van der Waals surface area contributed by atoms with E-state index in [9.17, 15) is 4.79 Å². The Kier molecular flexibility index (Phi) is 4.25. The summed E-state index contributed by atoms with van der Waals surface area (Å²) >= 11 is 0. The first-order valence-corrected chi connectivity index (χ1v) is 7.09. The Labute approximate surface area is 115 Å². The van der Waals surface area contributed by atoms with Gasteiger partial charge in [-0.25, -0.2) is 0 Å². The third-order valence-electron chi connectivity index (χ3n) is 4.20. The molecule has 0 heterocycles. The molecule has 104 valence electrons. The first-order chi connectivity index (χ1) is 9.02. The fourth-order valence-corrected chi connectivity index (χ4v) is 3.16. The zero-order valence-corrected chi connectivity index (χ0v) is 12.1. The van der Waals surface area contributed by atoms with Crippen LogP contribution < -0.4 is 10.6 Å².